The summed E-state index contributed by atoms with van der Waals surface area (Å²) < 4.78 is 0. The minimum Gasteiger partial charge on any atom is -0.394 e. The van der Waals surface area contributed by atoms with Gasteiger partial charge in [0.25, 0.3) is 5.91 Å². The summed E-state index contributed by atoms with van der Waals surface area (Å²) in [6, 6.07) is 20.4. The molecule has 5 heteroatoms. The molecule has 1 aliphatic rings. The molecule has 0 bridgehead atoms. The highest BCUT2D eigenvalue weighted by molar-refractivity contribution is 6.12. The van der Waals surface area contributed by atoms with E-state index in [2.05, 4.69) is 42.2 Å². The van der Waals surface area contributed by atoms with Gasteiger partial charge in [0.05, 0.1) is 18.2 Å². The molecule has 5 nitrogen and oxygen atoms in total. The molecule has 0 radical (unpaired) electrons. The Bertz CT molecular complexity index is 1330. The Morgan fingerprint density at radius 3 is 2.45 bits per heavy atom. The minimum absolute atomic E-state index is 0.0186. The normalized spacial score (nSPS) is 15.8. The molecule has 5 rings (SSSR count). The lowest BCUT2D eigenvalue weighted by atomic mass is 9.90. The quantitative estimate of drug-likeness (QED) is 0.488. The molecular weight excluding hydrogens is 412 g/mol. The Morgan fingerprint density at radius 2 is 1.67 bits per heavy atom. The zero-order valence-electron chi connectivity index (χ0n) is 18.7. The van der Waals surface area contributed by atoms with Gasteiger partial charge in [0.1, 0.15) is 0 Å². The van der Waals surface area contributed by atoms with Crippen LogP contribution in [0, 0.1) is 12.8 Å². The van der Waals surface area contributed by atoms with Crippen LogP contribution in [-0.2, 0) is 0 Å². The number of amides is 1. The highest BCUT2D eigenvalue weighted by Crippen LogP contribution is 2.36. The Hall–Kier alpha value is -3.28. The fraction of sp³-hybridized carbons (Fsp3) is 0.286. The molecule has 0 spiro atoms. The lowest BCUT2D eigenvalue weighted by molar-refractivity contribution is 0.0179. The Morgan fingerprint density at radius 1 is 0.970 bits per heavy atom. The van der Waals surface area contributed by atoms with E-state index in [9.17, 15) is 15.0 Å². The number of rotatable bonds is 4. The predicted octanol–water partition coefficient (Wildman–Crippen LogP) is 4.57. The molecular formula is C28H28N2O3. The molecule has 1 amide bonds. The lowest BCUT2D eigenvalue weighted by Gasteiger charge is -2.34. The van der Waals surface area contributed by atoms with Gasteiger partial charge >= 0.3 is 0 Å². The van der Waals surface area contributed by atoms with Crippen molar-refractivity contribution >= 4 is 27.6 Å². The molecule has 2 N–H and O–H groups in total. The number of aliphatic hydroxyl groups excluding tert-OH is 2. The number of hydrogen-bond acceptors (Lipinski definition) is 4. The number of piperidine rings is 1. The maximum atomic E-state index is 13.5. The van der Waals surface area contributed by atoms with Crippen LogP contribution in [0.4, 0.5) is 0 Å². The molecule has 2 heterocycles. The van der Waals surface area contributed by atoms with Crippen LogP contribution in [0.5, 0.6) is 0 Å². The second-order valence-corrected chi connectivity index (χ2v) is 8.92. The van der Waals surface area contributed by atoms with Crippen LogP contribution in [-0.4, -0.2) is 51.8 Å². The standard InChI is InChI=1S/C28H28N2O3/c1-18-10-11-23(24-9-4-14-29-27(18)24)21-5-2-7-22-20(21)6-3-8-25(22)28(33)30-15-12-19(13-16-30)26(32)17-31/h2-11,14,19,26,31-32H,12-13,15-17H2,1H3. The summed E-state index contributed by atoms with van der Waals surface area (Å²) in [6.07, 6.45) is 2.51. The number of aliphatic hydroxyl groups is 2. The van der Waals surface area contributed by atoms with E-state index in [0.717, 1.165) is 38.4 Å². The first-order valence-electron chi connectivity index (χ1n) is 11.5. The van der Waals surface area contributed by atoms with Gasteiger partial charge in [-0.05, 0) is 65.3 Å². The van der Waals surface area contributed by atoms with Crippen molar-refractivity contribution in [3.63, 3.8) is 0 Å². The van der Waals surface area contributed by atoms with Gasteiger partial charge in [0.2, 0.25) is 0 Å². The van der Waals surface area contributed by atoms with Crippen LogP contribution in [0.2, 0.25) is 0 Å². The predicted molar refractivity (Wildman–Crippen MR) is 131 cm³/mol. The molecule has 0 aliphatic carbocycles. The fourth-order valence-corrected chi connectivity index (χ4v) is 5.09. The summed E-state index contributed by atoms with van der Waals surface area (Å²) >= 11 is 0. The number of nitrogens with zero attached hydrogens (tertiary/aromatic N) is 2. The van der Waals surface area contributed by atoms with E-state index in [1.54, 1.807) is 0 Å². The Labute approximate surface area is 193 Å². The van der Waals surface area contributed by atoms with Gasteiger partial charge in [-0.3, -0.25) is 9.78 Å². The Kier molecular flexibility index (Phi) is 5.83. The highest BCUT2D eigenvalue weighted by Gasteiger charge is 2.28. The number of aromatic nitrogens is 1. The van der Waals surface area contributed by atoms with Gasteiger partial charge in [-0.2, -0.15) is 0 Å². The third-order valence-corrected chi connectivity index (χ3v) is 6.97. The van der Waals surface area contributed by atoms with Crippen LogP contribution in [0.15, 0.2) is 66.9 Å². The number of fused-ring (bicyclic) bond motifs is 2. The molecule has 1 unspecified atom stereocenters. The summed E-state index contributed by atoms with van der Waals surface area (Å²) in [7, 11) is 0. The van der Waals surface area contributed by atoms with E-state index in [1.165, 1.54) is 0 Å². The molecule has 1 fully saturated rings. The SMILES string of the molecule is Cc1ccc(-c2cccc3c(C(=O)N4CCC(C(O)CO)CC4)cccc23)c2cccnc12. The average Bonchev–Trinajstić information content (AvgIpc) is 2.88. The summed E-state index contributed by atoms with van der Waals surface area (Å²) in [6.45, 7) is 3.02. The van der Waals surface area contributed by atoms with Gasteiger partial charge < -0.3 is 15.1 Å². The largest absolute Gasteiger partial charge is 0.394 e. The number of carbonyl (C=O) groups excluding carboxylic acids is 1. The van der Waals surface area contributed by atoms with E-state index < -0.39 is 6.10 Å². The van der Waals surface area contributed by atoms with E-state index in [1.807, 2.05) is 41.4 Å². The van der Waals surface area contributed by atoms with Crippen molar-refractivity contribution in [3.8, 4) is 11.1 Å². The average molecular weight is 441 g/mol. The molecule has 1 saturated heterocycles. The smallest absolute Gasteiger partial charge is 0.254 e. The second kappa shape index (κ2) is 8.93. The topological polar surface area (TPSA) is 73.7 Å². The zero-order valence-corrected chi connectivity index (χ0v) is 18.7. The first-order chi connectivity index (χ1) is 16.1. The van der Waals surface area contributed by atoms with Crippen molar-refractivity contribution in [1.29, 1.82) is 0 Å². The van der Waals surface area contributed by atoms with Crippen LogP contribution in [0.3, 0.4) is 0 Å². The van der Waals surface area contributed by atoms with Crippen LogP contribution in [0.1, 0.15) is 28.8 Å². The molecule has 33 heavy (non-hydrogen) atoms. The van der Waals surface area contributed by atoms with Crippen molar-refractivity contribution in [2.24, 2.45) is 5.92 Å². The first kappa shape index (κ1) is 21.6. The van der Waals surface area contributed by atoms with E-state index in [4.69, 9.17) is 0 Å². The van der Waals surface area contributed by atoms with Crippen molar-refractivity contribution in [3.05, 3.63) is 78.0 Å². The maximum Gasteiger partial charge on any atom is 0.254 e. The van der Waals surface area contributed by atoms with E-state index in [0.29, 0.717) is 31.5 Å². The van der Waals surface area contributed by atoms with Gasteiger partial charge in [-0.25, -0.2) is 0 Å². The fourth-order valence-electron chi connectivity index (χ4n) is 5.09. The van der Waals surface area contributed by atoms with E-state index >= 15 is 0 Å². The van der Waals surface area contributed by atoms with Crippen LogP contribution >= 0.6 is 0 Å². The van der Waals surface area contributed by atoms with Crippen molar-refractivity contribution in [2.75, 3.05) is 19.7 Å². The molecule has 3 aromatic carbocycles. The summed E-state index contributed by atoms with van der Waals surface area (Å²) in [4.78, 5) is 19.9. The summed E-state index contributed by atoms with van der Waals surface area (Å²) in [5, 5.41) is 22.3. The summed E-state index contributed by atoms with van der Waals surface area (Å²) in [5.41, 5.74) is 5.03. The number of aryl methyl sites for hydroxylation is 1. The van der Waals surface area contributed by atoms with Crippen molar-refractivity contribution in [2.45, 2.75) is 25.9 Å². The Balaban J connectivity index is 1.54. The zero-order chi connectivity index (χ0) is 22.9. The van der Waals surface area contributed by atoms with Crippen LogP contribution in [0.25, 0.3) is 32.8 Å². The number of benzene rings is 3. The minimum atomic E-state index is -0.707. The first-order valence-corrected chi connectivity index (χ1v) is 11.5. The summed E-state index contributed by atoms with van der Waals surface area (Å²) in [5.74, 6) is 0.0618. The molecule has 1 aromatic heterocycles. The van der Waals surface area contributed by atoms with Gasteiger partial charge in [0, 0.05) is 30.2 Å². The highest BCUT2D eigenvalue weighted by atomic mass is 16.3. The molecule has 1 atom stereocenters. The van der Waals surface area contributed by atoms with Crippen molar-refractivity contribution in [1.82, 2.24) is 9.88 Å². The monoisotopic (exact) mass is 440 g/mol. The number of hydrogen-bond donors (Lipinski definition) is 2. The number of carbonyl (C=O) groups is 1. The second-order valence-electron chi connectivity index (χ2n) is 8.92. The van der Waals surface area contributed by atoms with Gasteiger partial charge in [-0.15, -0.1) is 0 Å². The lowest BCUT2D eigenvalue weighted by Crippen LogP contribution is -2.42. The number of pyridine rings is 1. The van der Waals surface area contributed by atoms with Gasteiger partial charge in [0.15, 0.2) is 0 Å². The van der Waals surface area contributed by atoms with Gasteiger partial charge in [-0.1, -0.05) is 48.5 Å². The third-order valence-electron chi connectivity index (χ3n) is 6.97. The maximum absolute atomic E-state index is 13.5. The van der Waals surface area contributed by atoms with Crippen LogP contribution < -0.4 is 0 Å². The number of likely N-dealkylation sites (tertiary alicyclic amines) is 1. The third kappa shape index (κ3) is 3.88. The van der Waals surface area contributed by atoms with E-state index in [-0.39, 0.29) is 18.4 Å². The molecule has 168 valence electrons. The molecule has 4 aromatic rings. The van der Waals surface area contributed by atoms with Crippen molar-refractivity contribution < 1.29 is 15.0 Å². The molecule has 0 saturated carbocycles. The molecule has 1 aliphatic heterocycles.